The minimum absolute atomic E-state index is 0.201. The summed E-state index contributed by atoms with van der Waals surface area (Å²) in [7, 11) is 0. The molecule has 1 saturated heterocycles. The molecule has 2 N–H and O–H groups in total. The number of hydrogen-bond acceptors (Lipinski definition) is 5. The summed E-state index contributed by atoms with van der Waals surface area (Å²) in [6.45, 7) is 5.99. The minimum Gasteiger partial charge on any atom is -0.364 e. The predicted octanol–water partition coefficient (Wildman–Crippen LogP) is 1.85. The van der Waals surface area contributed by atoms with Crippen molar-refractivity contribution in [3.63, 3.8) is 0 Å². The highest BCUT2D eigenvalue weighted by Gasteiger charge is 2.24. The van der Waals surface area contributed by atoms with Gasteiger partial charge < -0.3 is 10.6 Å². The van der Waals surface area contributed by atoms with Gasteiger partial charge in [0, 0.05) is 32.2 Å². The molecule has 0 radical (unpaired) electrons. The van der Waals surface area contributed by atoms with Crippen molar-refractivity contribution in [1.29, 1.82) is 0 Å². The minimum atomic E-state index is -0.549. The molecule has 1 aliphatic heterocycles. The third-order valence-corrected chi connectivity index (χ3v) is 4.55. The number of primary amides is 1. The number of hydrogen-bond donors (Lipinski definition) is 1. The Hall–Kier alpha value is -2.47. The summed E-state index contributed by atoms with van der Waals surface area (Å²) >= 11 is 0. The number of piperazine rings is 1. The number of benzene rings is 1. The predicted molar refractivity (Wildman–Crippen MR) is 93.8 cm³/mol. The summed E-state index contributed by atoms with van der Waals surface area (Å²) in [5.74, 6) is 0.250. The van der Waals surface area contributed by atoms with Crippen molar-refractivity contribution in [2.45, 2.75) is 19.4 Å². The van der Waals surface area contributed by atoms with Gasteiger partial charge in [-0.1, -0.05) is 37.3 Å². The van der Waals surface area contributed by atoms with Gasteiger partial charge in [-0.05, 0) is 24.1 Å². The first-order chi connectivity index (χ1) is 11.7. The molecule has 1 amide bonds. The van der Waals surface area contributed by atoms with Crippen LogP contribution < -0.4 is 10.6 Å². The van der Waals surface area contributed by atoms with Crippen LogP contribution >= 0.6 is 0 Å². The Bertz CT molecular complexity index is 666. The highest BCUT2D eigenvalue weighted by Crippen LogP contribution is 2.26. The van der Waals surface area contributed by atoms with Crippen molar-refractivity contribution in [2.24, 2.45) is 5.73 Å². The number of aromatic nitrogens is 2. The molecule has 0 spiro atoms. The van der Waals surface area contributed by atoms with E-state index >= 15 is 0 Å². The largest absolute Gasteiger partial charge is 0.364 e. The maximum Gasteiger partial charge on any atom is 0.269 e. The van der Waals surface area contributed by atoms with E-state index in [9.17, 15) is 4.79 Å². The quantitative estimate of drug-likeness (QED) is 0.908. The van der Waals surface area contributed by atoms with Crippen LogP contribution in [0.25, 0.3) is 0 Å². The summed E-state index contributed by atoms with van der Waals surface area (Å²) in [5, 5.41) is 8.02. The fourth-order valence-corrected chi connectivity index (χ4v) is 3.27. The number of nitrogens with two attached hydrogens (primary N) is 1. The molecule has 24 heavy (non-hydrogen) atoms. The van der Waals surface area contributed by atoms with Gasteiger partial charge in [0.2, 0.25) is 0 Å². The third-order valence-electron chi connectivity index (χ3n) is 4.55. The second kappa shape index (κ2) is 7.40. The van der Waals surface area contributed by atoms with Gasteiger partial charge in [0.1, 0.15) is 0 Å². The second-order valence-corrected chi connectivity index (χ2v) is 6.00. The average Bonchev–Trinajstić information content (AvgIpc) is 2.64. The molecule has 1 aromatic heterocycles. The zero-order valence-corrected chi connectivity index (χ0v) is 13.9. The molecule has 3 rings (SSSR count). The smallest absolute Gasteiger partial charge is 0.269 e. The molecule has 126 valence electrons. The molecule has 2 aromatic rings. The van der Waals surface area contributed by atoms with Crippen LogP contribution in [0.4, 0.5) is 5.82 Å². The van der Waals surface area contributed by atoms with E-state index in [2.05, 4.69) is 57.3 Å². The van der Waals surface area contributed by atoms with Crippen LogP contribution in [0.3, 0.4) is 0 Å². The molecule has 1 atom stereocenters. The van der Waals surface area contributed by atoms with Gasteiger partial charge in [-0.15, -0.1) is 10.2 Å². The van der Waals surface area contributed by atoms with E-state index in [4.69, 9.17) is 5.73 Å². The maximum absolute atomic E-state index is 11.1. The van der Waals surface area contributed by atoms with E-state index in [1.165, 1.54) is 5.56 Å². The Morgan fingerprint density at radius 3 is 2.33 bits per heavy atom. The van der Waals surface area contributed by atoms with E-state index in [0.29, 0.717) is 6.04 Å². The van der Waals surface area contributed by atoms with Gasteiger partial charge in [-0.2, -0.15) is 0 Å². The monoisotopic (exact) mass is 325 g/mol. The fourth-order valence-electron chi connectivity index (χ4n) is 3.27. The molecule has 2 heterocycles. The van der Waals surface area contributed by atoms with Gasteiger partial charge in [-0.3, -0.25) is 9.69 Å². The Morgan fingerprint density at radius 2 is 1.79 bits per heavy atom. The Kier molecular flexibility index (Phi) is 5.05. The third kappa shape index (κ3) is 3.54. The molecule has 1 aliphatic rings. The summed E-state index contributed by atoms with van der Waals surface area (Å²) in [6, 6.07) is 14.6. The number of rotatable bonds is 5. The lowest BCUT2D eigenvalue weighted by Crippen LogP contribution is -2.48. The van der Waals surface area contributed by atoms with E-state index in [-0.39, 0.29) is 5.69 Å². The summed E-state index contributed by atoms with van der Waals surface area (Å²) in [5.41, 5.74) is 6.78. The van der Waals surface area contributed by atoms with Gasteiger partial charge in [0.05, 0.1) is 0 Å². The van der Waals surface area contributed by atoms with Crippen LogP contribution in [0.2, 0.25) is 0 Å². The number of anilines is 1. The van der Waals surface area contributed by atoms with E-state index < -0.39 is 5.91 Å². The number of amides is 1. The molecule has 0 saturated carbocycles. The van der Waals surface area contributed by atoms with Crippen LogP contribution in [0.15, 0.2) is 42.5 Å². The summed E-state index contributed by atoms with van der Waals surface area (Å²) in [4.78, 5) is 15.8. The van der Waals surface area contributed by atoms with Gasteiger partial charge >= 0.3 is 0 Å². The lowest BCUT2D eigenvalue weighted by molar-refractivity contribution is 0.0994. The SMILES string of the molecule is CCC(c1ccccc1)N1CCN(c2ccc(C(N)=O)nn2)CC1. The molecule has 6 nitrogen and oxygen atoms in total. The lowest BCUT2D eigenvalue weighted by Gasteiger charge is -2.39. The maximum atomic E-state index is 11.1. The number of nitrogens with zero attached hydrogens (tertiary/aromatic N) is 4. The highest BCUT2D eigenvalue weighted by atomic mass is 16.1. The lowest BCUT2D eigenvalue weighted by atomic mass is 10.0. The molecular weight excluding hydrogens is 302 g/mol. The van der Waals surface area contributed by atoms with Crippen LogP contribution in [0.5, 0.6) is 0 Å². The Labute approximate surface area is 142 Å². The molecule has 0 aliphatic carbocycles. The van der Waals surface area contributed by atoms with Crippen LogP contribution in [0.1, 0.15) is 35.4 Å². The summed E-state index contributed by atoms with van der Waals surface area (Å²) in [6.07, 6.45) is 1.09. The summed E-state index contributed by atoms with van der Waals surface area (Å²) < 4.78 is 0. The van der Waals surface area contributed by atoms with Crippen LogP contribution in [-0.2, 0) is 0 Å². The fraction of sp³-hybridized carbons (Fsp3) is 0.389. The normalized spacial score (nSPS) is 16.8. The van der Waals surface area contributed by atoms with Crippen molar-refractivity contribution >= 4 is 11.7 Å². The van der Waals surface area contributed by atoms with Crippen molar-refractivity contribution in [1.82, 2.24) is 15.1 Å². The van der Waals surface area contributed by atoms with Crippen LogP contribution in [0, 0.1) is 0 Å². The molecule has 0 bridgehead atoms. The Balaban J connectivity index is 1.63. The highest BCUT2D eigenvalue weighted by molar-refractivity contribution is 5.90. The second-order valence-electron chi connectivity index (χ2n) is 6.00. The number of carbonyl (C=O) groups excluding carboxylic acids is 1. The Morgan fingerprint density at radius 1 is 1.08 bits per heavy atom. The van der Waals surface area contributed by atoms with Gasteiger partial charge in [0.15, 0.2) is 11.5 Å². The van der Waals surface area contributed by atoms with Crippen molar-refractivity contribution in [3.05, 3.63) is 53.7 Å². The molecule has 1 fully saturated rings. The van der Waals surface area contributed by atoms with E-state index in [0.717, 1.165) is 38.4 Å². The van der Waals surface area contributed by atoms with Crippen molar-refractivity contribution in [2.75, 3.05) is 31.1 Å². The molecule has 1 unspecified atom stereocenters. The molecular formula is C18H23N5O. The standard InChI is InChI=1S/C18H23N5O/c1-2-16(14-6-4-3-5-7-14)22-10-12-23(13-11-22)17-9-8-15(18(19)24)20-21-17/h3-9,16H,2,10-13H2,1H3,(H2,19,24). The zero-order chi connectivity index (χ0) is 16.9. The average molecular weight is 325 g/mol. The van der Waals surface area contributed by atoms with Crippen LogP contribution in [-0.4, -0.2) is 47.2 Å². The number of carbonyl (C=O) groups is 1. The zero-order valence-electron chi connectivity index (χ0n) is 13.9. The van der Waals surface area contributed by atoms with Crippen molar-refractivity contribution in [3.8, 4) is 0 Å². The topological polar surface area (TPSA) is 75.3 Å². The first-order valence-corrected chi connectivity index (χ1v) is 8.36. The van der Waals surface area contributed by atoms with Crippen molar-refractivity contribution < 1.29 is 4.79 Å². The van der Waals surface area contributed by atoms with Gasteiger partial charge in [-0.25, -0.2) is 0 Å². The van der Waals surface area contributed by atoms with Gasteiger partial charge in [0.25, 0.3) is 5.91 Å². The molecule has 1 aromatic carbocycles. The van der Waals surface area contributed by atoms with E-state index in [1.54, 1.807) is 6.07 Å². The first kappa shape index (κ1) is 16.4. The molecule has 6 heteroatoms. The van der Waals surface area contributed by atoms with E-state index in [1.807, 2.05) is 6.07 Å². The first-order valence-electron chi connectivity index (χ1n) is 8.36.